The van der Waals surface area contributed by atoms with Crippen molar-refractivity contribution in [1.82, 2.24) is 4.98 Å². The number of methoxy groups -OCH3 is 1. The summed E-state index contributed by atoms with van der Waals surface area (Å²) in [5.41, 5.74) is 3.43. The third kappa shape index (κ3) is 7.70. The third-order valence-electron chi connectivity index (χ3n) is 5.59. The summed E-state index contributed by atoms with van der Waals surface area (Å²) in [6.07, 6.45) is 3.63. The van der Waals surface area contributed by atoms with Crippen LogP contribution in [0, 0.1) is 18.2 Å². The first kappa shape index (κ1) is 26.6. The number of rotatable bonds is 5. The molecular weight excluding hydrogens is 423 g/mol. The number of piperidine rings is 1. The van der Waals surface area contributed by atoms with Crippen LogP contribution in [0.4, 0.5) is 10.1 Å². The van der Waals surface area contributed by atoms with Crippen LogP contribution in [0.5, 0.6) is 5.75 Å². The fourth-order valence-corrected chi connectivity index (χ4v) is 3.74. The molecule has 2 aromatic rings. The van der Waals surface area contributed by atoms with Crippen LogP contribution in [0.2, 0.25) is 0 Å². The topological polar surface area (TPSA) is 82.9 Å². The van der Waals surface area contributed by atoms with Gasteiger partial charge in [0.1, 0.15) is 0 Å². The molecule has 1 aromatic carbocycles. The normalized spacial score (nSPS) is 15.5. The lowest BCUT2D eigenvalue weighted by Crippen LogP contribution is -2.38. The molecule has 0 radical (unpaired) electrons. The maximum atomic E-state index is 14.3. The first-order valence-corrected chi connectivity index (χ1v) is 11.2. The Morgan fingerprint density at radius 3 is 2.30 bits per heavy atom. The maximum Gasteiger partial charge on any atom is 0.307 e. The van der Waals surface area contributed by atoms with E-state index in [1.54, 1.807) is 39.1 Å². The second-order valence-electron chi connectivity index (χ2n) is 10.3. The van der Waals surface area contributed by atoms with Gasteiger partial charge in [0, 0.05) is 36.1 Å². The molecule has 182 valence electrons. The summed E-state index contributed by atoms with van der Waals surface area (Å²) in [5, 5.41) is 18.0. The van der Waals surface area contributed by atoms with Gasteiger partial charge < -0.3 is 19.8 Å². The maximum absolute atomic E-state index is 14.3. The van der Waals surface area contributed by atoms with Gasteiger partial charge in [0.2, 0.25) is 0 Å². The van der Waals surface area contributed by atoms with Gasteiger partial charge in [0.05, 0.1) is 24.8 Å². The van der Waals surface area contributed by atoms with Gasteiger partial charge in [0.25, 0.3) is 0 Å². The molecule has 0 aliphatic carbocycles. The van der Waals surface area contributed by atoms with Crippen LogP contribution in [0.3, 0.4) is 0 Å². The Morgan fingerprint density at radius 2 is 1.82 bits per heavy atom. The van der Waals surface area contributed by atoms with Crippen LogP contribution in [0.25, 0.3) is 11.1 Å². The predicted molar refractivity (Wildman–Crippen MR) is 129 cm³/mol. The van der Waals surface area contributed by atoms with Gasteiger partial charge in [-0.2, -0.15) is 0 Å². The Labute approximate surface area is 196 Å². The van der Waals surface area contributed by atoms with Crippen LogP contribution in [-0.2, 0) is 11.2 Å². The minimum absolute atomic E-state index is 0.111. The molecule has 0 amide bonds. The number of aromatic nitrogens is 1. The minimum atomic E-state index is -0.901. The molecule has 0 saturated carbocycles. The van der Waals surface area contributed by atoms with Crippen LogP contribution in [-0.4, -0.2) is 47.0 Å². The minimum Gasteiger partial charge on any atom is -0.494 e. The molecule has 7 heteroatoms. The van der Waals surface area contributed by atoms with Gasteiger partial charge in [-0.25, -0.2) is 4.39 Å². The average Bonchev–Trinajstić information content (AvgIpc) is 2.68. The van der Waals surface area contributed by atoms with Crippen LogP contribution >= 0.6 is 0 Å². The van der Waals surface area contributed by atoms with Crippen LogP contribution in [0.15, 0.2) is 24.4 Å². The zero-order valence-electron chi connectivity index (χ0n) is 20.8. The molecule has 0 unspecified atom stereocenters. The van der Waals surface area contributed by atoms with Gasteiger partial charge in [-0.15, -0.1) is 0 Å². The van der Waals surface area contributed by atoms with Crippen molar-refractivity contribution < 1.29 is 24.1 Å². The lowest BCUT2D eigenvalue weighted by atomic mass is 9.82. The van der Waals surface area contributed by atoms with Gasteiger partial charge >= 0.3 is 5.97 Å². The molecule has 2 N–H and O–H groups in total. The number of aliphatic hydroxyl groups is 1. The first-order valence-electron chi connectivity index (χ1n) is 11.2. The van der Waals surface area contributed by atoms with E-state index in [4.69, 9.17) is 9.84 Å². The van der Waals surface area contributed by atoms with E-state index in [1.807, 2.05) is 6.92 Å². The predicted octanol–water partition coefficient (Wildman–Crippen LogP) is 5.24. The Kier molecular flexibility index (Phi) is 8.46. The number of aliphatic carboxylic acids is 1. The van der Waals surface area contributed by atoms with Crippen molar-refractivity contribution in [3.63, 3.8) is 0 Å². The number of benzene rings is 1. The van der Waals surface area contributed by atoms with Crippen LogP contribution < -0.4 is 9.64 Å². The zero-order valence-corrected chi connectivity index (χ0v) is 20.8. The van der Waals surface area contributed by atoms with Crippen LogP contribution in [0.1, 0.15) is 58.7 Å². The zero-order chi connectivity index (χ0) is 25.0. The Hall–Kier alpha value is -2.67. The fraction of sp³-hybridized carbons (Fsp3) is 0.538. The quantitative estimate of drug-likeness (QED) is 0.635. The average molecular weight is 461 g/mol. The number of anilines is 1. The smallest absolute Gasteiger partial charge is 0.307 e. The molecule has 1 saturated heterocycles. The highest BCUT2D eigenvalue weighted by atomic mass is 19.1. The molecule has 1 aliphatic heterocycles. The summed E-state index contributed by atoms with van der Waals surface area (Å²) in [4.78, 5) is 18.2. The molecule has 0 atom stereocenters. The van der Waals surface area contributed by atoms with Gasteiger partial charge in [0.15, 0.2) is 11.6 Å². The number of ether oxygens (including phenoxy) is 1. The lowest BCUT2D eigenvalue weighted by Gasteiger charge is -2.40. The number of carboxylic acids is 1. The van der Waals surface area contributed by atoms with E-state index in [2.05, 4.69) is 23.7 Å². The number of halogens is 1. The summed E-state index contributed by atoms with van der Waals surface area (Å²) in [6.45, 7) is 13.2. The van der Waals surface area contributed by atoms with E-state index in [0.717, 1.165) is 37.2 Å². The summed E-state index contributed by atoms with van der Waals surface area (Å²) in [5.74, 6) is -1.18. The molecule has 1 fully saturated rings. The summed E-state index contributed by atoms with van der Waals surface area (Å²) in [7, 11) is 1.43. The van der Waals surface area contributed by atoms with Crippen molar-refractivity contribution in [1.29, 1.82) is 0 Å². The molecule has 1 aliphatic rings. The first-order chi connectivity index (χ1) is 15.2. The second kappa shape index (κ2) is 10.5. The number of hydrogen-bond acceptors (Lipinski definition) is 5. The number of carboxylic acid groups (broad SMARTS) is 1. The van der Waals surface area contributed by atoms with E-state index in [0.29, 0.717) is 16.8 Å². The molecular formula is C26H37FN2O4. The number of pyridine rings is 1. The third-order valence-corrected chi connectivity index (χ3v) is 5.59. The number of hydrogen-bond donors (Lipinski definition) is 2. The molecule has 1 aromatic heterocycles. The molecule has 0 bridgehead atoms. The Balaban J connectivity index is 0.000000696. The molecule has 0 spiro atoms. The van der Waals surface area contributed by atoms with Gasteiger partial charge in [-0.3, -0.25) is 9.78 Å². The van der Waals surface area contributed by atoms with Crippen molar-refractivity contribution in [2.45, 2.75) is 66.4 Å². The summed E-state index contributed by atoms with van der Waals surface area (Å²) in [6, 6.07) is 4.80. The van der Waals surface area contributed by atoms with E-state index in [9.17, 15) is 14.3 Å². The second-order valence-corrected chi connectivity index (χ2v) is 10.3. The number of nitrogens with zero attached hydrogens (tertiary/aromatic N) is 2. The van der Waals surface area contributed by atoms with Crippen molar-refractivity contribution in [2.75, 3.05) is 25.1 Å². The monoisotopic (exact) mass is 460 g/mol. The standard InChI is InChI=1S/C22H27FN2O3.C4H10O/c1-14-16(12-20(26)27)21(25-9-7-22(2,3)8-10-25)17(13-24-14)15-5-6-19(28-4)18(23)11-15;1-4(2,3)5/h5-6,11,13H,7-10,12H2,1-4H3,(H,26,27);5H,1-3H3. The SMILES string of the molecule is CC(C)(C)O.COc1ccc(-c2cnc(C)c(CC(=O)O)c2N2CCC(C)(C)CC2)cc1F. The highest BCUT2D eigenvalue weighted by Gasteiger charge is 2.29. The van der Waals surface area contributed by atoms with Crippen molar-refractivity contribution in [3.05, 3.63) is 41.5 Å². The summed E-state index contributed by atoms with van der Waals surface area (Å²) < 4.78 is 19.4. The highest BCUT2D eigenvalue weighted by Crippen LogP contribution is 2.40. The van der Waals surface area contributed by atoms with E-state index >= 15 is 0 Å². The molecule has 3 rings (SSSR count). The lowest BCUT2D eigenvalue weighted by molar-refractivity contribution is -0.136. The fourth-order valence-electron chi connectivity index (χ4n) is 3.74. The Morgan fingerprint density at radius 1 is 1.24 bits per heavy atom. The number of aryl methyl sites for hydroxylation is 1. The Bertz CT molecular complexity index is 967. The molecule has 2 heterocycles. The molecule has 33 heavy (non-hydrogen) atoms. The van der Waals surface area contributed by atoms with E-state index in [1.165, 1.54) is 13.2 Å². The largest absolute Gasteiger partial charge is 0.494 e. The van der Waals surface area contributed by atoms with Gasteiger partial charge in [-0.1, -0.05) is 19.9 Å². The van der Waals surface area contributed by atoms with Crippen molar-refractivity contribution in [3.8, 4) is 16.9 Å². The molecule has 6 nitrogen and oxygen atoms in total. The van der Waals surface area contributed by atoms with Crippen molar-refractivity contribution >= 4 is 11.7 Å². The van der Waals surface area contributed by atoms with E-state index in [-0.39, 0.29) is 17.6 Å². The summed E-state index contributed by atoms with van der Waals surface area (Å²) >= 11 is 0. The number of carbonyl (C=O) groups is 1. The highest BCUT2D eigenvalue weighted by molar-refractivity contribution is 5.84. The van der Waals surface area contributed by atoms with Crippen molar-refractivity contribution in [2.24, 2.45) is 5.41 Å². The van der Waals surface area contributed by atoms with E-state index < -0.39 is 17.4 Å². The van der Waals surface area contributed by atoms with Gasteiger partial charge in [-0.05, 0) is 63.6 Å².